The van der Waals surface area contributed by atoms with E-state index in [1.165, 1.54) is 44.9 Å². The summed E-state index contributed by atoms with van der Waals surface area (Å²) in [6.45, 7) is 4.26. The zero-order valence-corrected chi connectivity index (χ0v) is 17.8. The van der Waals surface area contributed by atoms with E-state index < -0.39 is 11.8 Å². The number of carbonyl (C=O) groups excluding carboxylic acids is 2. The monoisotopic (exact) mass is 386 g/mol. The van der Waals surface area contributed by atoms with Gasteiger partial charge in [0.25, 0.3) is 0 Å². The second-order valence-electron chi connectivity index (χ2n) is 8.28. The Bertz CT molecular complexity index is 602. The molecule has 4 heteroatoms. The summed E-state index contributed by atoms with van der Waals surface area (Å²) >= 11 is 0. The summed E-state index contributed by atoms with van der Waals surface area (Å²) in [4.78, 5) is 25.0. The fourth-order valence-electron chi connectivity index (χ4n) is 4.00. The highest BCUT2D eigenvalue weighted by molar-refractivity contribution is 6.39. The highest BCUT2D eigenvalue weighted by atomic mass is 16.2. The van der Waals surface area contributed by atoms with E-state index >= 15 is 0 Å². The Kier molecular flexibility index (Phi) is 10.1. The smallest absolute Gasteiger partial charge is 0.313 e. The average molecular weight is 387 g/mol. The van der Waals surface area contributed by atoms with E-state index in [1.54, 1.807) is 0 Å². The van der Waals surface area contributed by atoms with Crippen molar-refractivity contribution in [1.82, 2.24) is 5.32 Å². The molecule has 0 heterocycles. The van der Waals surface area contributed by atoms with Gasteiger partial charge in [-0.25, -0.2) is 0 Å². The molecule has 1 unspecified atom stereocenters. The van der Waals surface area contributed by atoms with Crippen molar-refractivity contribution in [2.24, 2.45) is 0 Å². The third kappa shape index (κ3) is 7.65. The molecule has 0 bridgehead atoms. The maximum absolute atomic E-state index is 12.5. The van der Waals surface area contributed by atoms with Gasteiger partial charge in [0, 0.05) is 11.7 Å². The minimum atomic E-state index is -0.554. The lowest BCUT2D eigenvalue weighted by atomic mass is 9.97. The normalized spacial score (nSPS) is 18.4. The number of amides is 2. The molecule has 0 radical (unpaired) electrons. The van der Waals surface area contributed by atoms with E-state index in [4.69, 9.17) is 0 Å². The molecule has 1 aromatic rings. The highest BCUT2D eigenvalue weighted by Crippen LogP contribution is 2.26. The lowest BCUT2D eigenvalue weighted by Crippen LogP contribution is -2.42. The number of anilines is 1. The summed E-state index contributed by atoms with van der Waals surface area (Å²) in [5.74, 6) is -0.719. The lowest BCUT2D eigenvalue weighted by molar-refractivity contribution is -0.136. The molecule has 156 valence electrons. The fourth-order valence-corrected chi connectivity index (χ4v) is 4.00. The average Bonchev–Trinajstić information content (AvgIpc) is 2.69. The number of rotatable bonds is 4. The van der Waals surface area contributed by atoms with Crippen LogP contribution in [0.4, 0.5) is 5.69 Å². The lowest BCUT2D eigenvalue weighted by Gasteiger charge is -2.20. The molecule has 0 aromatic heterocycles. The van der Waals surface area contributed by atoms with Crippen molar-refractivity contribution in [2.45, 2.75) is 103 Å². The first-order valence-electron chi connectivity index (χ1n) is 11.3. The van der Waals surface area contributed by atoms with Crippen molar-refractivity contribution < 1.29 is 9.59 Å². The Morgan fingerprint density at radius 2 is 1.43 bits per heavy atom. The molecule has 1 aliphatic rings. The van der Waals surface area contributed by atoms with E-state index in [1.807, 2.05) is 24.3 Å². The first-order valence-corrected chi connectivity index (χ1v) is 11.3. The van der Waals surface area contributed by atoms with E-state index in [2.05, 4.69) is 24.5 Å². The number of nitrogens with one attached hydrogen (secondary N) is 2. The maximum Gasteiger partial charge on any atom is 0.313 e. The summed E-state index contributed by atoms with van der Waals surface area (Å²) in [7, 11) is 0. The molecule has 0 saturated heterocycles. The minimum Gasteiger partial charge on any atom is -0.345 e. The molecule has 1 aromatic carbocycles. The van der Waals surface area contributed by atoms with Gasteiger partial charge in [0.15, 0.2) is 0 Å². The van der Waals surface area contributed by atoms with E-state index in [0.29, 0.717) is 5.92 Å². The number of hydrogen-bond donors (Lipinski definition) is 2. The minimum absolute atomic E-state index is 0.113. The number of carbonyl (C=O) groups is 2. The van der Waals surface area contributed by atoms with E-state index in [0.717, 1.165) is 43.4 Å². The van der Waals surface area contributed by atoms with Crippen LogP contribution in [0.25, 0.3) is 0 Å². The number of para-hydroxylation sites is 1. The van der Waals surface area contributed by atoms with Crippen molar-refractivity contribution in [3.05, 3.63) is 29.8 Å². The predicted octanol–water partition coefficient (Wildman–Crippen LogP) is 5.93. The Hall–Kier alpha value is -1.84. The second-order valence-corrected chi connectivity index (χ2v) is 8.28. The van der Waals surface area contributed by atoms with Gasteiger partial charge in [-0.2, -0.15) is 0 Å². The standard InChI is InChI=1S/C24H38N2O2/c1-3-19(2)21-17-13-14-18-22(21)26-24(28)23(27)25-20-15-11-9-7-5-4-6-8-10-12-16-20/h13-14,17-20H,3-12,15-16H2,1-2H3,(H,25,27)(H,26,28). The van der Waals surface area contributed by atoms with Crippen molar-refractivity contribution in [1.29, 1.82) is 0 Å². The first kappa shape index (κ1) is 22.4. The fraction of sp³-hybridized carbons (Fsp3) is 0.667. The SMILES string of the molecule is CCC(C)c1ccccc1NC(=O)C(=O)NC1CCCCCCCCCCC1. The van der Waals surface area contributed by atoms with Crippen LogP contribution in [0.1, 0.15) is 102 Å². The van der Waals surface area contributed by atoms with Gasteiger partial charge in [-0.3, -0.25) is 9.59 Å². The van der Waals surface area contributed by atoms with Crippen molar-refractivity contribution in [2.75, 3.05) is 5.32 Å². The molecular formula is C24H38N2O2. The van der Waals surface area contributed by atoms with Gasteiger partial charge in [0.05, 0.1) is 0 Å². The molecule has 1 fully saturated rings. The molecule has 1 saturated carbocycles. The van der Waals surface area contributed by atoms with Gasteiger partial charge in [-0.05, 0) is 36.8 Å². The van der Waals surface area contributed by atoms with Crippen LogP contribution >= 0.6 is 0 Å². The second kappa shape index (κ2) is 12.6. The molecule has 1 aliphatic carbocycles. The van der Waals surface area contributed by atoms with Crippen LogP contribution in [0.3, 0.4) is 0 Å². The van der Waals surface area contributed by atoms with Crippen LogP contribution in [-0.4, -0.2) is 17.9 Å². The largest absolute Gasteiger partial charge is 0.345 e. The zero-order chi connectivity index (χ0) is 20.2. The summed E-state index contributed by atoms with van der Waals surface area (Å²) in [6.07, 6.45) is 14.2. The van der Waals surface area contributed by atoms with Crippen LogP contribution in [0.2, 0.25) is 0 Å². The number of benzene rings is 1. The molecule has 0 aliphatic heterocycles. The molecule has 1 atom stereocenters. The Balaban J connectivity index is 1.91. The Morgan fingerprint density at radius 1 is 0.893 bits per heavy atom. The molecule has 2 N–H and O–H groups in total. The third-order valence-electron chi connectivity index (χ3n) is 6.00. The summed E-state index contributed by atoms with van der Waals surface area (Å²) in [5, 5.41) is 5.84. The van der Waals surface area contributed by atoms with Crippen LogP contribution < -0.4 is 10.6 Å². The van der Waals surface area contributed by atoms with Crippen LogP contribution in [-0.2, 0) is 9.59 Å². The maximum atomic E-state index is 12.5. The summed E-state index contributed by atoms with van der Waals surface area (Å²) in [6, 6.07) is 7.88. The zero-order valence-electron chi connectivity index (χ0n) is 17.8. The molecule has 0 spiro atoms. The molecule has 2 amide bonds. The molecule has 28 heavy (non-hydrogen) atoms. The quantitative estimate of drug-likeness (QED) is 0.630. The molecule has 4 nitrogen and oxygen atoms in total. The van der Waals surface area contributed by atoms with E-state index in [-0.39, 0.29) is 6.04 Å². The predicted molar refractivity (Wildman–Crippen MR) is 116 cm³/mol. The van der Waals surface area contributed by atoms with Crippen LogP contribution in [0.5, 0.6) is 0 Å². The van der Waals surface area contributed by atoms with Crippen LogP contribution in [0, 0.1) is 0 Å². The van der Waals surface area contributed by atoms with Gasteiger partial charge in [0.2, 0.25) is 0 Å². The topological polar surface area (TPSA) is 58.2 Å². The number of hydrogen-bond acceptors (Lipinski definition) is 2. The van der Waals surface area contributed by atoms with Crippen molar-refractivity contribution in [3.8, 4) is 0 Å². The highest BCUT2D eigenvalue weighted by Gasteiger charge is 2.20. The Labute approximate surface area is 170 Å². The third-order valence-corrected chi connectivity index (χ3v) is 6.00. The van der Waals surface area contributed by atoms with Gasteiger partial charge in [0.1, 0.15) is 0 Å². The first-order chi connectivity index (χ1) is 13.6. The van der Waals surface area contributed by atoms with Gasteiger partial charge in [-0.1, -0.05) is 89.8 Å². The van der Waals surface area contributed by atoms with Crippen LogP contribution in [0.15, 0.2) is 24.3 Å². The van der Waals surface area contributed by atoms with E-state index in [9.17, 15) is 9.59 Å². The van der Waals surface area contributed by atoms with Gasteiger partial charge < -0.3 is 10.6 Å². The molecular weight excluding hydrogens is 348 g/mol. The Morgan fingerprint density at radius 3 is 2.00 bits per heavy atom. The molecule has 2 rings (SSSR count). The van der Waals surface area contributed by atoms with Crippen molar-refractivity contribution in [3.63, 3.8) is 0 Å². The summed E-state index contributed by atoms with van der Waals surface area (Å²) in [5.41, 5.74) is 1.83. The summed E-state index contributed by atoms with van der Waals surface area (Å²) < 4.78 is 0. The van der Waals surface area contributed by atoms with Crippen molar-refractivity contribution >= 4 is 17.5 Å². The van der Waals surface area contributed by atoms with Gasteiger partial charge >= 0.3 is 11.8 Å². The van der Waals surface area contributed by atoms with Gasteiger partial charge in [-0.15, -0.1) is 0 Å².